The summed E-state index contributed by atoms with van der Waals surface area (Å²) in [5, 5.41) is 0. The van der Waals surface area contributed by atoms with Gasteiger partial charge < -0.3 is 0 Å². The van der Waals surface area contributed by atoms with Crippen LogP contribution in [0.5, 0.6) is 0 Å². The molecule has 2 aromatic rings. The van der Waals surface area contributed by atoms with E-state index >= 15 is 0 Å². The normalized spacial score (nSPS) is 11.7. The molecule has 4 nitrogen and oxygen atoms in total. The zero-order chi connectivity index (χ0) is 11.6. The van der Waals surface area contributed by atoms with Gasteiger partial charge in [0, 0.05) is 0 Å². The number of rotatable bonds is 3. The maximum atomic E-state index is 5.95. The Morgan fingerprint density at radius 1 is 1.25 bits per heavy atom. The Balaban J connectivity index is 2.30. The van der Waals surface area contributed by atoms with Gasteiger partial charge in [-0.1, -0.05) is 0 Å². The third-order valence-electron chi connectivity index (χ3n) is 2.31. The molecule has 0 aliphatic rings. The Bertz CT molecular complexity index is 455. The van der Waals surface area contributed by atoms with Crippen LogP contribution in [0, 0.1) is 0 Å². The number of hydrogen-bond donors (Lipinski definition) is 0. The second kappa shape index (κ2) is 4.71. The summed E-state index contributed by atoms with van der Waals surface area (Å²) in [7, 11) is 0. The standard InChI is InChI=1S/C7H4N3O.CH2Cl.2CH3.Sn/c1-6(2-9-4-8-1)7-3-10-5-11-7;1-2;;;/h1-3,5H;1H2;2*1H3;. The Morgan fingerprint density at radius 3 is 2.44 bits per heavy atom. The van der Waals surface area contributed by atoms with Crippen molar-refractivity contribution in [3.05, 3.63) is 25.0 Å². The molecule has 0 saturated carbocycles. The maximum absolute atomic E-state index is 5.95. The number of alkyl halides is 1. The Morgan fingerprint density at radius 2 is 1.94 bits per heavy atom. The summed E-state index contributed by atoms with van der Waals surface area (Å²) < 4.78 is 6.80. The van der Waals surface area contributed by atoms with Gasteiger partial charge in [0.05, 0.1) is 0 Å². The summed E-state index contributed by atoms with van der Waals surface area (Å²) >= 11 is 3.55. The number of hydrogen-bond acceptors (Lipinski definition) is 4. The number of oxazole rings is 1. The first-order valence-electron chi connectivity index (χ1n) is 4.91. The van der Waals surface area contributed by atoms with Crippen LogP contribution >= 0.6 is 11.6 Å². The van der Waals surface area contributed by atoms with Gasteiger partial charge >= 0.3 is 103 Å². The second-order valence-electron chi connectivity index (χ2n) is 4.18. The van der Waals surface area contributed by atoms with Crippen molar-refractivity contribution in [2.75, 3.05) is 3.90 Å². The van der Waals surface area contributed by atoms with Crippen molar-refractivity contribution in [1.29, 1.82) is 0 Å². The zero-order valence-electron chi connectivity index (χ0n) is 9.14. The van der Waals surface area contributed by atoms with Crippen LogP contribution in [-0.2, 0) is 0 Å². The third kappa shape index (κ3) is 2.38. The van der Waals surface area contributed by atoms with Crippen molar-refractivity contribution in [2.45, 2.75) is 9.88 Å². The molecule has 2 heterocycles. The molecule has 0 unspecified atom stereocenters. The van der Waals surface area contributed by atoms with Gasteiger partial charge in [-0.15, -0.1) is 0 Å². The van der Waals surface area contributed by atoms with E-state index in [0.717, 1.165) is 9.40 Å². The van der Waals surface area contributed by atoms with Gasteiger partial charge in [0.2, 0.25) is 0 Å². The van der Waals surface area contributed by atoms with Gasteiger partial charge in [-0.2, -0.15) is 0 Å². The monoisotopic (exact) mass is 345 g/mol. The second-order valence-corrected chi connectivity index (χ2v) is 18.8. The number of aromatic nitrogens is 3. The molecule has 84 valence electrons. The molecule has 0 aliphatic heterocycles. The van der Waals surface area contributed by atoms with Crippen molar-refractivity contribution in [3.8, 4) is 11.3 Å². The summed E-state index contributed by atoms with van der Waals surface area (Å²) in [6.45, 7) is 0. The molecule has 0 saturated heterocycles. The van der Waals surface area contributed by atoms with Gasteiger partial charge in [0.1, 0.15) is 0 Å². The fourth-order valence-electron chi connectivity index (χ4n) is 1.22. The molecular formula is C10H12ClN3OSn. The molecule has 0 atom stereocenters. The van der Waals surface area contributed by atoms with Crippen LogP contribution in [0.3, 0.4) is 0 Å². The van der Waals surface area contributed by atoms with E-state index in [1.807, 2.05) is 0 Å². The molecule has 2 rings (SSSR count). The van der Waals surface area contributed by atoms with Crippen LogP contribution in [0.2, 0.25) is 9.88 Å². The van der Waals surface area contributed by atoms with Crippen LogP contribution < -0.4 is 3.84 Å². The van der Waals surface area contributed by atoms with E-state index in [-0.39, 0.29) is 0 Å². The van der Waals surface area contributed by atoms with Crippen LogP contribution in [0.15, 0.2) is 29.4 Å². The fraction of sp³-hybridized carbons (Fsp3) is 0.300. The van der Waals surface area contributed by atoms with Crippen molar-refractivity contribution >= 4 is 33.8 Å². The predicted octanol–water partition coefficient (Wildman–Crippen LogP) is 1.82. The Hall–Kier alpha value is -0.621. The summed E-state index contributed by atoms with van der Waals surface area (Å²) in [6, 6.07) is 0. The molecule has 2 aromatic heterocycles. The average molecular weight is 344 g/mol. The van der Waals surface area contributed by atoms with Crippen molar-refractivity contribution in [3.63, 3.8) is 0 Å². The molecule has 6 heteroatoms. The molecule has 0 aromatic carbocycles. The van der Waals surface area contributed by atoms with Gasteiger partial charge in [0.15, 0.2) is 0 Å². The molecule has 0 spiro atoms. The minimum absolute atomic E-state index is 0.686. The van der Waals surface area contributed by atoms with E-state index in [0.29, 0.717) is 9.66 Å². The fourth-order valence-corrected chi connectivity index (χ4v) is 4.73. The Kier molecular flexibility index (Phi) is 3.49. The molecule has 0 amide bonds. The van der Waals surface area contributed by atoms with E-state index in [9.17, 15) is 0 Å². The van der Waals surface area contributed by atoms with Crippen LogP contribution in [0.25, 0.3) is 11.3 Å². The molecule has 0 bridgehead atoms. The van der Waals surface area contributed by atoms with Crippen LogP contribution in [0.1, 0.15) is 0 Å². The van der Waals surface area contributed by atoms with E-state index < -0.39 is 18.4 Å². The molecule has 0 radical (unpaired) electrons. The quantitative estimate of drug-likeness (QED) is 0.630. The molecule has 0 N–H and O–H groups in total. The predicted molar refractivity (Wildman–Crippen MR) is 65.4 cm³/mol. The topological polar surface area (TPSA) is 51.8 Å². The van der Waals surface area contributed by atoms with Gasteiger partial charge in [0.25, 0.3) is 0 Å². The van der Waals surface area contributed by atoms with Gasteiger partial charge in [-0.3, -0.25) is 0 Å². The van der Waals surface area contributed by atoms with Crippen molar-refractivity contribution in [2.24, 2.45) is 0 Å². The summed E-state index contributed by atoms with van der Waals surface area (Å²) in [5.41, 5.74) is 0.845. The van der Waals surface area contributed by atoms with Crippen molar-refractivity contribution < 1.29 is 4.42 Å². The van der Waals surface area contributed by atoms with Gasteiger partial charge in [-0.25, -0.2) is 0 Å². The first-order valence-corrected chi connectivity index (χ1v) is 14.6. The van der Waals surface area contributed by atoms with Crippen molar-refractivity contribution in [1.82, 2.24) is 15.0 Å². The van der Waals surface area contributed by atoms with E-state index in [1.54, 1.807) is 18.6 Å². The third-order valence-corrected chi connectivity index (χ3v) is 12.9. The Labute approximate surface area is 103 Å². The molecule has 16 heavy (non-hydrogen) atoms. The van der Waals surface area contributed by atoms with E-state index in [4.69, 9.17) is 16.0 Å². The van der Waals surface area contributed by atoms with E-state index in [2.05, 4.69) is 24.8 Å². The van der Waals surface area contributed by atoms with E-state index in [1.165, 1.54) is 6.39 Å². The first kappa shape index (κ1) is 11.9. The SMILES string of the molecule is [CH3][Sn]([CH3])([CH2]Cl)[c]1ncc(-c2cnco2)cn1. The average Bonchev–Trinajstić information content (AvgIpc) is 2.83. The molecule has 0 aliphatic carbocycles. The molecule has 0 fully saturated rings. The number of halogens is 1. The number of nitrogens with zero attached hydrogens (tertiary/aromatic N) is 3. The summed E-state index contributed by atoms with van der Waals surface area (Å²) in [6.07, 6.45) is 6.58. The van der Waals surface area contributed by atoms with Gasteiger partial charge in [-0.05, 0) is 0 Å². The summed E-state index contributed by atoms with van der Waals surface area (Å²) in [4.78, 5) is 17.1. The zero-order valence-corrected chi connectivity index (χ0v) is 12.8. The van der Waals surface area contributed by atoms with Crippen LogP contribution in [0.4, 0.5) is 0 Å². The summed E-state index contributed by atoms with van der Waals surface area (Å²) in [5.74, 6) is 0.686. The minimum atomic E-state index is -2.40. The molecular weight excluding hydrogens is 332 g/mol. The first-order chi connectivity index (χ1) is 7.63. The van der Waals surface area contributed by atoms with Crippen LogP contribution in [-0.4, -0.2) is 37.2 Å².